The number of hydrogen-bond acceptors (Lipinski definition) is 7. The van der Waals surface area contributed by atoms with Gasteiger partial charge in [-0.25, -0.2) is 4.79 Å². The van der Waals surface area contributed by atoms with E-state index in [9.17, 15) is 36.5 Å². The molecule has 0 spiro atoms. The highest BCUT2D eigenvalue weighted by atomic mass is 32.2. The summed E-state index contributed by atoms with van der Waals surface area (Å²) in [4.78, 5) is 21.3. The van der Waals surface area contributed by atoms with Gasteiger partial charge >= 0.3 is 21.9 Å². The number of alkyl halides is 3. The van der Waals surface area contributed by atoms with Crippen molar-refractivity contribution in [1.82, 2.24) is 0 Å². The molecule has 30 heavy (non-hydrogen) atoms. The molecule has 0 aliphatic rings. The minimum Gasteiger partial charge on any atom is -0.423 e. The van der Waals surface area contributed by atoms with E-state index in [0.717, 1.165) is 24.3 Å². The monoisotopic (exact) mass is 443 g/mol. The minimum absolute atomic E-state index is 0.201. The van der Waals surface area contributed by atoms with Crippen LogP contribution < -0.4 is 9.81 Å². The number of halogens is 3. The third kappa shape index (κ3) is 3.99. The first kappa shape index (κ1) is 21.3. The number of non-ortho nitro benzene ring substituents is 1. The fourth-order valence-corrected chi connectivity index (χ4v) is 4.02. The van der Waals surface area contributed by atoms with E-state index < -0.39 is 59.7 Å². The van der Waals surface area contributed by atoms with E-state index in [2.05, 4.69) is 0 Å². The molecule has 12 heteroatoms. The Hall–Kier alpha value is -3.41. The van der Waals surface area contributed by atoms with Gasteiger partial charge in [0, 0.05) is 29.7 Å². The average molecular weight is 443 g/mol. The molecule has 8 nitrogen and oxygen atoms in total. The summed E-state index contributed by atoms with van der Waals surface area (Å²) in [5.74, 6) is -0.437. The number of nitro benzene ring substituents is 1. The lowest BCUT2D eigenvalue weighted by Crippen LogP contribution is -2.13. The Labute approximate surface area is 166 Å². The summed E-state index contributed by atoms with van der Waals surface area (Å²) >= 11 is 0. The number of benzene rings is 2. The second-order valence-corrected chi connectivity index (χ2v) is 7.83. The van der Waals surface area contributed by atoms with Crippen molar-refractivity contribution in [2.24, 2.45) is 0 Å². The van der Waals surface area contributed by atoms with Crippen molar-refractivity contribution in [2.75, 3.05) is 0 Å². The SMILES string of the molecule is Cc1cc([N+](=O)[O-])cc(S(=O)(=O)Oc2ccc3c(C(F)(F)F)cc(=O)oc3c2)c1C. The van der Waals surface area contributed by atoms with E-state index in [1.165, 1.54) is 19.9 Å². The molecule has 3 aromatic rings. The Morgan fingerprint density at radius 2 is 1.77 bits per heavy atom. The van der Waals surface area contributed by atoms with Gasteiger partial charge in [-0.3, -0.25) is 10.1 Å². The van der Waals surface area contributed by atoms with Crippen LogP contribution in [0.5, 0.6) is 5.75 Å². The van der Waals surface area contributed by atoms with Crippen LogP contribution in [0.1, 0.15) is 16.7 Å². The summed E-state index contributed by atoms with van der Waals surface area (Å²) in [6.07, 6.45) is -4.83. The maximum Gasteiger partial charge on any atom is 0.417 e. The van der Waals surface area contributed by atoms with Crippen LogP contribution in [0.2, 0.25) is 0 Å². The van der Waals surface area contributed by atoms with Crippen molar-refractivity contribution < 1.29 is 35.1 Å². The molecular formula is C18H12F3NO7S. The molecule has 0 bridgehead atoms. The number of aryl methyl sites for hydroxylation is 1. The molecule has 3 rings (SSSR count). The Bertz CT molecular complexity index is 1340. The third-order valence-corrected chi connectivity index (χ3v) is 5.69. The van der Waals surface area contributed by atoms with Crippen molar-refractivity contribution in [2.45, 2.75) is 24.9 Å². The summed E-state index contributed by atoms with van der Waals surface area (Å²) in [7, 11) is -4.59. The van der Waals surface area contributed by atoms with Crippen molar-refractivity contribution in [3.63, 3.8) is 0 Å². The summed E-state index contributed by atoms with van der Waals surface area (Å²) < 4.78 is 74.3. The molecule has 0 atom stereocenters. The molecule has 0 aliphatic heterocycles. The Balaban J connectivity index is 2.10. The average Bonchev–Trinajstić information content (AvgIpc) is 2.61. The van der Waals surface area contributed by atoms with Gasteiger partial charge in [-0.15, -0.1) is 0 Å². The van der Waals surface area contributed by atoms with Crippen LogP contribution in [0, 0.1) is 24.0 Å². The van der Waals surface area contributed by atoms with E-state index in [4.69, 9.17) is 8.60 Å². The van der Waals surface area contributed by atoms with Crippen LogP contribution in [-0.4, -0.2) is 13.3 Å². The van der Waals surface area contributed by atoms with Crippen molar-refractivity contribution in [1.29, 1.82) is 0 Å². The molecule has 0 saturated heterocycles. The van der Waals surface area contributed by atoms with E-state index in [1.54, 1.807) is 0 Å². The van der Waals surface area contributed by atoms with Crippen LogP contribution in [0.25, 0.3) is 11.0 Å². The first-order valence-corrected chi connectivity index (χ1v) is 9.55. The predicted octanol–water partition coefficient (Wildman–Crippen LogP) is 4.10. The highest BCUT2D eigenvalue weighted by Crippen LogP contribution is 2.35. The van der Waals surface area contributed by atoms with Crippen LogP contribution in [0.3, 0.4) is 0 Å². The molecule has 0 unspecified atom stereocenters. The molecule has 2 aromatic carbocycles. The summed E-state index contributed by atoms with van der Waals surface area (Å²) in [5, 5.41) is 10.6. The number of nitro groups is 1. The molecule has 158 valence electrons. The highest BCUT2D eigenvalue weighted by Gasteiger charge is 2.34. The fraction of sp³-hybridized carbons (Fsp3) is 0.167. The third-order valence-electron chi connectivity index (χ3n) is 4.31. The normalized spacial score (nSPS) is 12.2. The van der Waals surface area contributed by atoms with E-state index in [1.807, 2.05) is 0 Å². The second-order valence-electron chi connectivity index (χ2n) is 6.32. The van der Waals surface area contributed by atoms with Crippen molar-refractivity contribution in [3.8, 4) is 5.75 Å². The van der Waals surface area contributed by atoms with Gasteiger partial charge in [0.05, 0.1) is 10.5 Å². The van der Waals surface area contributed by atoms with Crippen LogP contribution >= 0.6 is 0 Å². The summed E-state index contributed by atoms with van der Waals surface area (Å²) in [6, 6.07) is 4.97. The van der Waals surface area contributed by atoms with E-state index in [-0.39, 0.29) is 11.6 Å². The molecule has 0 N–H and O–H groups in total. The van der Waals surface area contributed by atoms with Gasteiger partial charge in [-0.1, -0.05) is 0 Å². The number of rotatable bonds is 4. The quantitative estimate of drug-likeness (QED) is 0.258. The number of hydrogen-bond donors (Lipinski definition) is 0. The zero-order chi connectivity index (χ0) is 22.4. The fourth-order valence-electron chi connectivity index (χ4n) is 2.77. The second kappa shape index (κ2) is 7.13. The van der Waals surface area contributed by atoms with Gasteiger partial charge in [0.25, 0.3) is 5.69 Å². The molecular weight excluding hydrogens is 431 g/mol. The maximum atomic E-state index is 13.1. The largest absolute Gasteiger partial charge is 0.423 e. The van der Waals surface area contributed by atoms with Crippen molar-refractivity contribution >= 4 is 26.8 Å². The number of nitrogens with zero attached hydrogens (tertiary/aromatic N) is 1. The van der Waals surface area contributed by atoms with Crippen LogP contribution in [0.15, 0.2) is 50.5 Å². The van der Waals surface area contributed by atoms with E-state index >= 15 is 0 Å². The van der Waals surface area contributed by atoms with Crippen LogP contribution in [0.4, 0.5) is 18.9 Å². The maximum absolute atomic E-state index is 13.1. The van der Waals surface area contributed by atoms with Gasteiger partial charge in [-0.05, 0) is 37.1 Å². The summed E-state index contributed by atoms with van der Waals surface area (Å²) in [5.41, 5.74) is -3.00. The Morgan fingerprint density at radius 1 is 1.10 bits per heavy atom. The Morgan fingerprint density at radius 3 is 2.37 bits per heavy atom. The lowest BCUT2D eigenvalue weighted by molar-refractivity contribution is -0.385. The zero-order valence-electron chi connectivity index (χ0n) is 15.3. The highest BCUT2D eigenvalue weighted by molar-refractivity contribution is 7.87. The first-order valence-electron chi connectivity index (χ1n) is 8.15. The number of fused-ring (bicyclic) bond motifs is 1. The lowest BCUT2D eigenvalue weighted by Gasteiger charge is -2.12. The van der Waals surface area contributed by atoms with Gasteiger partial charge in [0.15, 0.2) is 0 Å². The minimum atomic E-state index is -4.83. The smallest absolute Gasteiger partial charge is 0.417 e. The molecule has 0 amide bonds. The van der Waals surface area contributed by atoms with Gasteiger partial charge in [-0.2, -0.15) is 21.6 Å². The first-order chi connectivity index (χ1) is 13.8. The topological polar surface area (TPSA) is 117 Å². The van der Waals surface area contributed by atoms with Crippen LogP contribution in [-0.2, 0) is 16.3 Å². The standard InChI is InChI=1S/C18H12F3NO7S/c1-9-5-11(22(24)25)6-16(10(9)2)30(26,27)29-12-3-4-13-14(18(19,20)21)8-17(23)28-15(13)7-12/h3-8H,1-2H3. The molecule has 0 fully saturated rings. The molecule has 0 radical (unpaired) electrons. The lowest BCUT2D eigenvalue weighted by atomic mass is 10.1. The van der Waals surface area contributed by atoms with Gasteiger partial charge in [0.2, 0.25) is 0 Å². The molecule has 1 aromatic heterocycles. The molecule has 1 heterocycles. The summed E-state index contributed by atoms with van der Waals surface area (Å²) in [6.45, 7) is 2.90. The van der Waals surface area contributed by atoms with E-state index in [0.29, 0.717) is 5.56 Å². The molecule has 0 aliphatic carbocycles. The zero-order valence-corrected chi connectivity index (χ0v) is 16.1. The van der Waals surface area contributed by atoms with Gasteiger partial charge < -0.3 is 8.60 Å². The predicted molar refractivity (Wildman–Crippen MR) is 97.9 cm³/mol. The molecule has 0 saturated carbocycles. The van der Waals surface area contributed by atoms with Gasteiger partial charge in [0.1, 0.15) is 16.2 Å². The Kier molecular flexibility index (Phi) is 5.06. The van der Waals surface area contributed by atoms with Crippen molar-refractivity contribution in [3.05, 3.63) is 73.6 Å².